The number of hydrogen-bond acceptors (Lipinski definition) is 7. The van der Waals surface area contributed by atoms with E-state index in [2.05, 4.69) is 26.6 Å². The second kappa shape index (κ2) is 9.38. The molecule has 1 saturated heterocycles. The molecule has 0 atom stereocenters. The molecule has 0 saturated carbocycles. The lowest BCUT2D eigenvalue weighted by Gasteiger charge is -2.31. The summed E-state index contributed by atoms with van der Waals surface area (Å²) in [5.74, 6) is 2.94. The average Bonchev–Trinajstić information content (AvgIpc) is 3.43. The number of aromatic nitrogens is 3. The summed E-state index contributed by atoms with van der Waals surface area (Å²) in [7, 11) is 1.39. The van der Waals surface area contributed by atoms with E-state index in [1.807, 2.05) is 24.3 Å². The number of anilines is 1. The highest BCUT2D eigenvalue weighted by atomic mass is 32.2. The van der Waals surface area contributed by atoms with Gasteiger partial charge in [0.15, 0.2) is 5.16 Å². The van der Waals surface area contributed by atoms with Crippen molar-refractivity contribution >= 4 is 23.7 Å². The van der Waals surface area contributed by atoms with E-state index in [1.54, 1.807) is 30.2 Å². The minimum absolute atomic E-state index is 0.326. The van der Waals surface area contributed by atoms with Gasteiger partial charge in [-0.25, -0.2) is 4.79 Å². The molecule has 0 aliphatic carbocycles. The maximum absolute atomic E-state index is 11.6. The zero-order chi connectivity index (χ0) is 20.9. The van der Waals surface area contributed by atoms with E-state index < -0.39 is 0 Å². The molecule has 1 fully saturated rings. The van der Waals surface area contributed by atoms with Crippen LogP contribution in [0.15, 0.2) is 52.2 Å². The van der Waals surface area contributed by atoms with Gasteiger partial charge in [-0.1, -0.05) is 30.8 Å². The number of rotatable bonds is 7. The third-order valence-electron chi connectivity index (χ3n) is 5.40. The molecule has 0 spiro atoms. The number of ether oxygens (including phenoxy) is 1. The first-order valence-electron chi connectivity index (χ1n) is 10.1. The predicted octanol–water partition coefficient (Wildman–Crippen LogP) is 4.23. The van der Waals surface area contributed by atoms with Crippen molar-refractivity contribution in [1.29, 1.82) is 0 Å². The molecule has 158 valence electrons. The van der Waals surface area contributed by atoms with Gasteiger partial charge in [0.2, 0.25) is 5.95 Å². The summed E-state index contributed by atoms with van der Waals surface area (Å²) in [6, 6.07) is 11.3. The molecule has 0 radical (unpaired) electrons. The van der Waals surface area contributed by atoms with Crippen LogP contribution in [0.2, 0.25) is 0 Å². The van der Waals surface area contributed by atoms with Crippen molar-refractivity contribution in [3.05, 3.63) is 59.5 Å². The highest BCUT2D eigenvalue weighted by Crippen LogP contribution is 2.29. The first-order valence-corrected chi connectivity index (χ1v) is 11.1. The molecule has 7 nitrogen and oxygen atoms in total. The first-order chi connectivity index (χ1) is 14.6. The molecule has 3 heterocycles. The number of nitrogens with zero attached hydrogens (tertiary/aromatic N) is 4. The molecule has 0 bridgehead atoms. The van der Waals surface area contributed by atoms with Crippen LogP contribution in [-0.2, 0) is 17.0 Å². The Balaban J connectivity index is 1.51. The van der Waals surface area contributed by atoms with Crippen LogP contribution in [0.3, 0.4) is 0 Å². The van der Waals surface area contributed by atoms with Crippen LogP contribution in [-0.4, -0.2) is 40.9 Å². The summed E-state index contributed by atoms with van der Waals surface area (Å²) in [4.78, 5) is 13.9. The van der Waals surface area contributed by atoms with E-state index in [0.717, 1.165) is 47.2 Å². The fourth-order valence-corrected chi connectivity index (χ4v) is 4.42. The number of thioether (sulfide) groups is 1. The van der Waals surface area contributed by atoms with Crippen LogP contribution < -0.4 is 4.90 Å². The molecule has 1 aliphatic rings. The molecular weight excluding hydrogens is 400 g/mol. The maximum atomic E-state index is 11.6. The Morgan fingerprint density at radius 3 is 2.63 bits per heavy atom. The third kappa shape index (κ3) is 4.70. The fourth-order valence-electron chi connectivity index (χ4n) is 3.53. The Morgan fingerprint density at radius 2 is 1.97 bits per heavy atom. The van der Waals surface area contributed by atoms with Crippen molar-refractivity contribution in [2.45, 2.75) is 37.2 Å². The Labute approximate surface area is 180 Å². The topological polar surface area (TPSA) is 73.4 Å². The van der Waals surface area contributed by atoms with Gasteiger partial charge in [-0.05, 0) is 48.6 Å². The molecule has 0 N–H and O–H groups in total. The largest absolute Gasteiger partial charge is 0.467 e. The summed E-state index contributed by atoms with van der Waals surface area (Å²) in [6.45, 7) is 4.90. The Kier molecular flexibility index (Phi) is 6.42. The van der Waals surface area contributed by atoms with Crippen LogP contribution in [0.5, 0.6) is 0 Å². The lowest BCUT2D eigenvalue weighted by molar-refractivity contribution is 0.0600. The highest BCUT2D eigenvalue weighted by Gasteiger charge is 2.23. The standard InChI is InChI=1S/C22H26N4O3S/c1-16-9-11-25(12-10-16)21-23-24-22(26(21)14-19-4-3-13-29-19)30-15-17-5-7-18(8-6-17)20(27)28-2/h3-8,13,16H,9-12,14-15H2,1-2H3. The second-order valence-corrected chi connectivity index (χ2v) is 8.54. The van der Waals surface area contributed by atoms with Crippen LogP contribution in [0.4, 0.5) is 5.95 Å². The fraction of sp³-hybridized carbons (Fsp3) is 0.409. The molecule has 1 aliphatic heterocycles. The van der Waals surface area contributed by atoms with E-state index in [1.165, 1.54) is 20.0 Å². The predicted molar refractivity (Wildman–Crippen MR) is 116 cm³/mol. The van der Waals surface area contributed by atoms with Gasteiger partial charge in [-0.2, -0.15) is 0 Å². The van der Waals surface area contributed by atoms with Crippen molar-refractivity contribution in [3.63, 3.8) is 0 Å². The Hall–Kier alpha value is -2.74. The van der Waals surface area contributed by atoms with E-state index in [-0.39, 0.29) is 5.97 Å². The molecule has 1 aromatic carbocycles. The SMILES string of the molecule is COC(=O)c1ccc(CSc2nnc(N3CCC(C)CC3)n2Cc2ccco2)cc1. The molecule has 0 unspecified atom stereocenters. The van der Waals surface area contributed by atoms with Gasteiger partial charge < -0.3 is 14.1 Å². The Morgan fingerprint density at radius 1 is 1.20 bits per heavy atom. The van der Waals surface area contributed by atoms with Gasteiger partial charge in [0, 0.05) is 18.8 Å². The molecule has 2 aromatic heterocycles. The van der Waals surface area contributed by atoms with E-state index in [4.69, 9.17) is 9.15 Å². The van der Waals surface area contributed by atoms with Gasteiger partial charge >= 0.3 is 5.97 Å². The molecule has 30 heavy (non-hydrogen) atoms. The van der Waals surface area contributed by atoms with Gasteiger partial charge in [0.05, 0.1) is 25.5 Å². The minimum atomic E-state index is -0.326. The summed E-state index contributed by atoms with van der Waals surface area (Å²) in [5.41, 5.74) is 1.65. The summed E-state index contributed by atoms with van der Waals surface area (Å²) >= 11 is 1.63. The molecule has 4 rings (SSSR count). The summed E-state index contributed by atoms with van der Waals surface area (Å²) in [5, 5.41) is 9.86. The van der Waals surface area contributed by atoms with Crippen LogP contribution in [0, 0.1) is 5.92 Å². The number of carbonyl (C=O) groups is 1. The van der Waals surface area contributed by atoms with Crippen LogP contribution >= 0.6 is 11.8 Å². The summed E-state index contributed by atoms with van der Waals surface area (Å²) < 4.78 is 12.5. The van der Waals surface area contributed by atoms with Crippen molar-refractivity contribution in [2.24, 2.45) is 5.92 Å². The zero-order valence-electron chi connectivity index (χ0n) is 17.3. The van der Waals surface area contributed by atoms with E-state index >= 15 is 0 Å². The Bertz CT molecular complexity index is 961. The smallest absolute Gasteiger partial charge is 0.337 e. The minimum Gasteiger partial charge on any atom is -0.467 e. The molecule has 0 amide bonds. The maximum Gasteiger partial charge on any atom is 0.337 e. The quantitative estimate of drug-likeness (QED) is 0.413. The summed E-state index contributed by atoms with van der Waals surface area (Å²) in [6.07, 6.45) is 4.03. The van der Waals surface area contributed by atoms with Crippen molar-refractivity contribution < 1.29 is 13.9 Å². The number of piperidine rings is 1. The van der Waals surface area contributed by atoms with Gasteiger partial charge in [-0.3, -0.25) is 4.57 Å². The van der Waals surface area contributed by atoms with Crippen molar-refractivity contribution in [3.8, 4) is 0 Å². The van der Waals surface area contributed by atoms with E-state index in [0.29, 0.717) is 12.1 Å². The van der Waals surface area contributed by atoms with Crippen LogP contribution in [0.25, 0.3) is 0 Å². The average molecular weight is 427 g/mol. The van der Waals surface area contributed by atoms with Crippen LogP contribution in [0.1, 0.15) is 41.4 Å². The normalized spacial score (nSPS) is 14.8. The third-order valence-corrected chi connectivity index (χ3v) is 6.44. The zero-order valence-corrected chi connectivity index (χ0v) is 18.1. The number of benzene rings is 1. The number of esters is 1. The lowest BCUT2D eigenvalue weighted by Crippen LogP contribution is -2.35. The van der Waals surface area contributed by atoms with Crippen molar-refractivity contribution in [2.75, 3.05) is 25.1 Å². The van der Waals surface area contributed by atoms with Gasteiger partial charge in [0.25, 0.3) is 0 Å². The molecule has 3 aromatic rings. The van der Waals surface area contributed by atoms with E-state index in [9.17, 15) is 4.79 Å². The number of carbonyl (C=O) groups excluding carboxylic acids is 1. The number of methoxy groups -OCH3 is 1. The van der Waals surface area contributed by atoms with Crippen molar-refractivity contribution in [1.82, 2.24) is 14.8 Å². The lowest BCUT2D eigenvalue weighted by atomic mass is 10.00. The van der Waals surface area contributed by atoms with Gasteiger partial charge in [-0.15, -0.1) is 10.2 Å². The monoisotopic (exact) mass is 426 g/mol. The molecule has 8 heteroatoms. The first kappa shape index (κ1) is 20.5. The molecular formula is C22H26N4O3S. The number of furan rings is 1. The van der Waals surface area contributed by atoms with Gasteiger partial charge in [0.1, 0.15) is 5.76 Å². The second-order valence-electron chi connectivity index (χ2n) is 7.59. The highest BCUT2D eigenvalue weighted by molar-refractivity contribution is 7.98. The number of hydrogen-bond donors (Lipinski definition) is 0.